The van der Waals surface area contributed by atoms with Gasteiger partial charge in [0.25, 0.3) is 0 Å². The lowest BCUT2D eigenvalue weighted by Gasteiger charge is -2.09. The molecular weight excluding hydrogens is 394 g/mol. The Hall–Kier alpha value is -2.75. The predicted molar refractivity (Wildman–Crippen MR) is 110 cm³/mol. The van der Waals surface area contributed by atoms with Gasteiger partial charge in [-0.1, -0.05) is 37.7 Å². The van der Waals surface area contributed by atoms with Crippen LogP contribution in [0, 0.1) is 0 Å². The molecule has 0 saturated heterocycles. The maximum Gasteiger partial charge on any atom is 0.305 e. The van der Waals surface area contributed by atoms with Gasteiger partial charge in [-0.2, -0.15) is 0 Å². The zero-order valence-corrected chi connectivity index (χ0v) is 17.7. The highest BCUT2D eigenvalue weighted by atomic mass is 32.2. The van der Waals surface area contributed by atoms with Crippen molar-refractivity contribution in [1.82, 2.24) is 20.2 Å². The van der Waals surface area contributed by atoms with Crippen molar-refractivity contribution in [3.8, 4) is 5.75 Å². The molecule has 158 valence electrons. The van der Waals surface area contributed by atoms with E-state index in [0.717, 1.165) is 5.75 Å². The van der Waals surface area contributed by atoms with Gasteiger partial charge in [-0.15, -0.1) is 10.2 Å². The maximum absolute atomic E-state index is 11.9. The van der Waals surface area contributed by atoms with Crippen LogP contribution in [0.15, 0.2) is 29.4 Å². The zero-order chi connectivity index (χ0) is 21.2. The molecule has 3 N–H and O–H groups in total. The highest BCUT2D eigenvalue weighted by Gasteiger charge is 2.13. The highest BCUT2D eigenvalue weighted by Crippen LogP contribution is 2.20. The first kappa shape index (κ1) is 22.5. The van der Waals surface area contributed by atoms with Crippen LogP contribution >= 0.6 is 11.8 Å². The first-order valence-corrected chi connectivity index (χ1v) is 10.3. The number of ether oxygens (including phenoxy) is 2. The molecule has 2 aromatic rings. The van der Waals surface area contributed by atoms with Gasteiger partial charge in [-0.3, -0.25) is 9.59 Å². The molecule has 0 fully saturated rings. The van der Waals surface area contributed by atoms with Gasteiger partial charge in [-0.25, -0.2) is 4.68 Å². The van der Waals surface area contributed by atoms with E-state index in [9.17, 15) is 9.59 Å². The number of nitrogens with one attached hydrogen (secondary N) is 1. The largest absolute Gasteiger partial charge is 0.486 e. The number of esters is 1. The van der Waals surface area contributed by atoms with Crippen LogP contribution in [0.25, 0.3) is 0 Å². The first-order valence-electron chi connectivity index (χ1n) is 9.29. The number of nitrogen functional groups attached to an aromatic ring is 1. The predicted octanol–water partition coefficient (Wildman–Crippen LogP) is 1.86. The number of amides is 1. The molecule has 0 aliphatic heterocycles. The Morgan fingerprint density at radius 1 is 1.24 bits per heavy atom. The minimum Gasteiger partial charge on any atom is -0.486 e. The molecule has 0 aliphatic rings. The van der Waals surface area contributed by atoms with Crippen LogP contribution in [0.2, 0.25) is 0 Å². The summed E-state index contributed by atoms with van der Waals surface area (Å²) < 4.78 is 11.6. The third-order valence-corrected chi connectivity index (χ3v) is 5.03. The van der Waals surface area contributed by atoms with Gasteiger partial charge in [0.1, 0.15) is 12.4 Å². The van der Waals surface area contributed by atoms with Gasteiger partial charge in [0.15, 0.2) is 5.82 Å². The van der Waals surface area contributed by atoms with Crippen molar-refractivity contribution >= 4 is 23.6 Å². The number of rotatable bonds is 11. The van der Waals surface area contributed by atoms with E-state index in [1.54, 1.807) is 0 Å². The molecule has 0 spiro atoms. The number of nitrogens with two attached hydrogens (primary N) is 1. The molecule has 29 heavy (non-hydrogen) atoms. The average Bonchev–Trinajstić information content (AvgIpc) is 3.07. The third-order valence-electron chi connectivity index (χ3n) is 4.09. The quantitative estimate of drug-likeness (QED) is 0.244. The number of aromatic nitrogens is 3. The molecule has 0 saturated carbocycles. The number of methoxy groups -OCH3 is 1. The molecule has 0 bridgehead atoms. The average molecular weight is 422 g/mol. The topological polar surface area (TPSA) is 121 Å². The van der Waals surface area contributed by atoms with Crippen LogP contribution in [0.4, 0.5) is 0 Å². The van der Waals surface area contributed by atoms with E-state index in [-0.39, 0.29) is 30.7 Å². The van der Waals surface area contributed by atoms with E-state index < -0.39 is 0 Å². The van der Waals surface area contributed by atoms with Crippen molar-refractivity contribution < 1.29 is 19.1 Å². The Balaban J connectivity index is 1.75. The van der Waals surface area contributed by atoms with E-state index in [2.05, 4.69) is 34.1 Å². The molecule has 1 amide bonds. The normalized spacial score (nSPS) is 10.8. The van der Waals surface area contributed by atoms with Gasteiger partial charge < -0.3 is 20.6 Å². The van der Waals surface area contributed by atoms with Crippen LogP contribution in [0.1, 0.15) is 44.0 Å². The minimum absolute atomic E-state index is 0.144. The summed E-state index contributed by atoms with van der Waals surface area (Å²) in [5.74, 6) is 7.31. The fraction of sp³-hybridized carbons (Fsp3) is 0.474. The summed E-state index contributed by atoms with van der Waals surface area (Å²) in [5, 5.41) is 11.2. The summed E-state index contributed by atoms with van der Waals surface area (Å²) >= 11 is 1.18. The fourth-order valence-electron chi connectivity index (χ4n) is 2.34. The Labute approximate surface area is 174 Å². The monoisotopic (exact) mass is 421 g/mol. The molecule has 1 aromatic carbocycles. The number of hydrogen-bond donors (Lipinski definition) is 2. The van der Waals surface area contributed by atoms with Crippen molar-refractivity contribution in [2.24, 2.45) is 0 Å². The second-order valence-corrected chi connectivity index (χ2v) is 7.54. The Bertz CT molecular complexity index is 807. The van der Waals surface area contributed by atoms with E-state index >= 15 is 0 Å². The van der Waals surface area contributed by atoms with Crippen LogP contribution in [-0.4, -0.2) is 46.2 Å². The number of carbonyl (C=O) groups excluding carboxylic acids is 2. The number of hydrogen-bond acceptors (Lipinski definition) is 8. The number of carbonyl (C=O) groups is 2. The second kappa shape index (κ2) is 11.3. The number of thioether (sulfide) groups is 1. The highest BCUT2D eigenvalue weighted by molar-refractivity contribution is 7.99. The van der Waals surface area contributed by atoms with E-state index in [1.807, 2.05) is 24.3 Å². The van der Waals surface area contributed by atoms with Gasteiger partial charge >= 0.3 is 5.97 Å². The minimum atomic E-state index is -0.296. The zero-order valence-electron chi connectivity index (χ0n) is 16.9. The maximum atomic E-state index is 11.9. The smallest absolute Gasteiger partial charge is 0.305 e. The molecule has 10 heteroatoms. The summed E-state index contributed by atoms with van der Waals surface area (Å²) in [6, 6.07) is 7.87. The Kier molecular flexibility index (Phi) is 8.78. The van der Waals surface area contributed by atoms with E-state index in [0.29, 0.717) is 29.9 Å². The lowest BCUT2D eigenvalue weighted by molar-refractivity contribution is -0.140. The Morgan fingerprint density at radius 3 is 2.62 bits per heavy atom. The molecule has 0 radical (unpaired) electrons. The summed E-state index contributed by atoms with van der Waals surface area (Å²) in [7, 11) is 1.34. The molecular formula is C19H27N5O4S. The lowest BCUT2D eigenvalue weighted by atomic mass is 10.0. The van der Waals surface area contributed by atoms with Crippen molar-refractivity contribution in [1.29, 1.82) is 0 Å². The Morgan fingerprint density at radius 2 is 1.97 bits per heavy atom. The summed E-state index contributed by atoms with van der Waals surface area (Å²) in [6.07, 6.45) is 0.792. The van der Waals surface area contributed by atoms with Crippen LogP contribution in [0.5, 0.6) is 5.75 Å². The molecule has 9 nitrogen and oxygen atoms in total. The molecule has 0 atom stereocenters. The SMILES string of the molecule is COC(=O)CCCNC(=O)CSc1nnc(COc2ccc(C(C)C)cc2)n1N. The summed E-state index contributed by atoms with van der Waals surface area (Å²) in [6.45, 7) is 4.84. The van der Waals surface area contributed by atoms with Crippen molar-refractivity contribution in [3.63, 3.8) is 0 Å². The molecule has 0 unspecified atom stereocenters. The van der Waals surface area contributed by atoms with E-state index in [1.165, 1.54) is 29.1 Å². The number of benzene rings is 1. The van der Waals surface area contributed by atoms with Crippen LogP contribution in [-0.2, 0) is 20.9 Å². The first-order chi connectivity index (χ1) is 13.9. The van der Waals surface area contributed by atoms with Gasteiger partial charge in [0.05, 0.1) is 12.9 Å². The fourth-order valence-corrected chi connectivity index (χ4v) is 3.05. The van der Waals surface area contributed by atoms with Crippen molar-refractivity contribution in [2.75, 3.05) is 25.3 Å². The summed E-state index contributed by atoms with van der Waals surface area (Å²) in [4.78, 5) is 22.9. The van der Waals surface area contributed by atoms with Crippen LogP contribution in [0.3, 0.4) is 0 Å². The third kappa shape index (κ3) is 7.30. The van der Waals surface area contributed by atoms with Crippen molar-refractivity contribution in [2.45, 2.75) is 44.4 Å². The van der Waals surface area contributed by atoms with E-state index in [4.69, 9.17) is 10.6 Å². The number of nitrogens with zero attached hydrogens (tertiary/aromatic N) is 3. The van der Waals surface area contributed by atoms with Gasteiger partial charge in [0, 0.05) is 13.0 Å². The van der Waals surface area contributed by atoms with Crippen molar-refractivity contribution in [3.05, 3.63) is 35.7 Å². The standard InChI is InChI=1S/C19H27N5O4S/c1-13(2)14-6-8-15(9-7-14)28-11-16-22-23-19(24(16)20)29-12-17(25)21-10-4-5-18(26)27-3/h6-9,13H,4-5,10-12,20H2,1-3H3,(H,21,25). The van der Waals surface area contributed by atoms with Gasteiger partial charge in [-0.05, 0) is 30.0 Å². The molecule has 1 heterocycles. The van der Waals surface area contributed by atoms with Gasteiger partial charge in [0.2, 0.25) is 11.1 Å². The second-order valence-electron chi connectivity index (χ2n) is 6.60. The van der Waals surface area contributed by atoms with Crippen LogP contribution < -0.4 is 15.9 Å². The molecule has 0 aliphatic carbocycles. The molecule has 2 rings (SSSR count). The lowest BCUT2D eigenvalue weighted by Crippen LogP contribution is -2.27. The summed E-state index contributed by atoms with van der Waals surface area (Å²) in [5.41, 5.74) is 1.24. The molecule has 1 aromatic heterocycles.